The van der Waals surface area contributed by atoms with Crippen LogP contribution in [0, 0.1) is 11.7 Å². The zero-order valence-electron chi connectivity index (χ0n) is 10.4. The second kappa shape index (κ2) is 5.27. The number of nitrogens with one attached hydrogen (secondary N) is 1. The third-order valence-electron chi connectivity index (χ3n) is 3.31. The quantitative estimate of drug-likeness (QED) is 0.878. The highest BCUT2D eigenvalue weighted by Gasteiger charge is 2.26. The first-order valence-electron chi connectivity index (χ1n) is 5.79. The third kappa shape index (κ3) is 2.29. The first kappa shape index (κ1) is 12.7. The molecule has 0 amide bonds. The number of thioether (sulfide) groups is 1. The molecule has 2 nitrogen and oxygen atoms in total. The summed E-state index contributed by atoms with van der Waals surface area (Å²) < 4.78 is 19.2. The first-order chi connectivity index (χ1) is 8.19. The molecule has 0 radical (unpaired) electrons. The van der Waals surface area contributed by atoms with Crippen molar-refractivity contribution >= 4 is 11.8 Å². The Morgan fingerprint density at radius 2 is 2.24 bits per heavy atom. The average molecular weight is 255 g/mol. The summed E-state index contributed by atoms with van der Waals surface area (Å²) >= 11 is 1.78. The van der Waals surface area contributed by atoms with Gasteiger partial charge in [-0.05, 0) is 30.3 Å². The van der Waals surface area contributed by atoms with E-state index >= 15 is 0 Å². The molecule has 0 saturated heterocycles. The van der Waals surface area contributed by atoms with Crippen molar-refractivity contribution in [2.75, 3.05) is 19.9 Å². The van der Waals surface area contributed by atoms with Crippen LogP contribution in [0.2, 0.25) is 0 Å². The van der Waals surface area contributed by atoms with Gasteiger partial charge in [-0.15, -0.1) is 0 Å². The van der Waals surface area contributed by atoms with E-state index < -0.39 is 0 Å². The van der Waals surface area contributed by atoms with E-state index in [0.29, 0.717) is 11.7 Å². The van der Waals surface area contributed by atoms with Gasteiger partial charge in [0.1, 0.15) is 0 Å². The van der Waals surface area contributed by atoms with E-state index in [1.165, 1.54) is 7.11 Å². The van der Waals surface area contributed by atoms with Crippen LogP contribution in [0.25, 0.3) is 0 Å². The highest BCUT2D eigenvalue weighted by molar-refractivity contribution is 7.98. The molecule has 1 aromatic rings. The largest absolute Gasteiger partial charge is 0.494 e. The number of methoxy groups -OCH3 is 1. The van der Waals surface area contributed by atoms with E-state index in [-0.39, 0.29) is 11.9 Å². The standard InChI is InChI=1S/C13H18FNOS/c1-8-6-17-7-10-9(13(8)15-2)4-5-11(16-3)12(10)14/h4-5,8,13,15H,6-7H2,1-3H3. The number of fused-ring (bicyclic) bond motifs is 1. The van der Waals surface area contributed by atoms with Gasteiger partial charge in [0, 0.05) is 17.4 Å². The topological polar surface area (TPSA) is 21.3 Å². The Morgan fingerprint density at radius 1 is 1.47 bits per heavy atom. The minimum absolute atomic E-state index is 0.202. The lowest BCUT2D eigenvalue weighted by molar-refractivity contribution is 0.382. The number of hydrogen-bond donors (Lipinski definition) is 1. The Morgan fingerprint density at radius 3 is 2.88 bits per heavy atom. The summed E-state index contributed by atoms with van der Waals surface area (Å²) in [4.78, 5) is 0. The van der Waals surface area contributed by atoms with Gasteiger partial charge in [0.05, 0.1) is 7.11 Å². The van der Waals surface area contributed by atoms with E-state index in [9.17, 15) is 4.39 Å². The molecule has 94 valence electrons. The number of halogens is 1. The van der Waals surface area contributed by atoms with Gasteiger partial charge in [-0.2, -0.15) is 11.8 Å². The second-order valence-electron chi connectivity index (χ2n) is 4.41. The third-order valence-corrected chi connectivity index (χ3v) is 4.56. The van der Waals surface area contributed by atoms with Crippen LogP contribution in [0.5, 0.6) is 5.75 Å². The van der Waals surface area contributed by atoms with Crippen LogP contribution < -0.4 is 10.1 Å². The van der Waals surface area contributed by atoms with E-state index in [1.54, 1.807) is 17.8 Å². The van der Waals surface area contributed by atoms with Gasteiger partial charge in [0.15, 0.2) is 11.6 Å². The number of benzene rings is 1. The van der Waals surface area contributed by atoms with E-state index in [2.05, 4.69) is 12.2 Å². The van der Waals surface area contributed by atoms with E-state index in [0.717, 1.165) is 22.6 Å². The van der Waals surface area contributed by atoms with Crippen LogP contribution in [0.1, 0.15) is 24.1 Å². The van der Waals surface area contributed by atoms with Crippen LogP contribution in [0.3, 0.4) is 0 Å². The maximum atomic E-state index is 14.2. The van der Waals surface area contributed by atoms with Gasteiger partial charge in [-0.25, -0.2) is 4.39 Å². The molecule has 1 aliphatic heterocycles. The van der Waals surface area contributed by atoms with Crippen molar-refractivity contribution in [2.45, 2.75) is 18.7 Å². The van der Waals surface area contributed by atoms with Gasteiger partial charge in [0.25, 0.3) is 0 Å². The van der Waals surface area contributed by atoms with Crippen molar-refractivity contribution in [3.8, 4) is 5.75 Å². The fraction of sp³-hybridized carbons (Fsp3) is 0.538. The first-order valence-corrected chi connectivity index (χ1v) is 6.94. The normalized spacial score (nSPS) is 24.0. The fourth-order valence-electron chi connectivity index (χ4n) is 2.40. The number of ether oxygens (including phenoxy) is 1. The lowest BCUT2D eigenvalue weighted by Crippen LogP contribution is -2.24. The molecular formula is C13H18FNOS. The molecule has 2 unspecified atom stereocenters. The Kier molecular flexibility index (Phi) is 3.94. The smallest absolute Gasteiger partial charge is 0.169 e. The minimum Gasteiger partial charge on any atom is -0.494 e. The molecule has 1 aromatic carbocycles. The van der Waals surface area contributed by atoms with Crippen molar-refractivity contribution in [2.24, 2.45) is 5.92 Å². The van der Waals surface area contributed by atoms with Crippen LogP contribution in [-0.4, -0.2) is 19.9 Å². The molecule has 4 heteroatoms. The summed E-state index contributed by atoms with van der Waals surface area (Å²) in [5.74, 6) is 2.41. The molecule has 0 spiro atoms. The SMILES string of the molecule is CNC1c2ccc(OC)c(F)c2CSCC1C. The monoisotopic (exact) mass is 255 g/mol. The molecule has 0 fully saturated rings. The van der Waals surface area contributed by atoms with Gasteiger partial charge >= 0.3 is 0 Å². The molecule has 17 heavy (non-hydrogen) atoms. The molecule has 1 N–H and O–H groups in total. The minimum atomic E-state index is -0.202. The number of hydrogen-bond acceptors (Lipinski definition) is 3. The maximum absolute atomic E-state index is 14.2. The Hall–Kier alpha value is -0.740. The Labute approximate surface area is 106 Å². The summed E-state index contributed by atoms with van der Waals surface area (Å²) in [5, 5.41) is 3.29. The predicted octanol–water partition coefficient (Wildman–Crippen LogP) is 2.98. The lowest BCUT2D eigenvalue weighted by atomic mass is 9.92. The molecule has 0 bridgehead atoms. The zero-order chi connectivity index (χ0) is 12.4. The van der Waals surface area contributed by atoms with E-state index in [4.69, 9.17) is 4.74 Å². The summed E-state index contributed by atoms with van der Waals surface area (Å²) in [7, 11) is 3.44. The molecule has 1 heterocycles. The van der Waals surface area contributed by atoms with Crippen LogP contribution in [-0.2, 0) is 5.75 Å². The fourth-order valence-corrected chi connectivity index (χ4v) is 3.58. The van der Waals surface area contributed by atoms with Gasteiger partial charge in [-0.1, -0.05) is 13.0 Å². The molecule has 0 aliphatic carbocycles. The van der Waals surface area contributed by atoms with Crippen molar-refractivity contribution < 1.29 is 9.13 Å². The van der Waals surface area contributed by atoms with Crippen LogP contribution >= 0.6 is 11.8 Å². The van der Waals surface area contributed by atoms with Crippen molar-refractivity contribution in [1.29, 1.82) is 0 Å². The van der Waals surface area contributed by atoms with Gasteiger partial charge in [0.2, 0.25) is 0 Å². The lowest BCUT2D eigenvalue weighted by Gasteiger charge is -2.23. The van der Waals surface area contributed by atoms with Crippen molar-refractivity contribution in [1.82, 2.24) is 5.32 Å². The molecule has 0 aromatic heterocycles. The van der Waals surface area contributed by atoms with Crippen molar-refractivity contribution in [3.05, 3.63) is 29.1 Å². The zero-order valence-corrected chi connectivity index (χ0v) is 11.2. The van der Waals surface area contributed by atoms with Crippen molar-refractivity contribution in [3.63, 3.8) is 0 Å². The summed E-state index contributed by atoms with van der Waals surface area (Å²) in [6, 6.07) is 3.93. The molecule has 2 rings (SSSR count). The van der Waals surface area contributed by atoms with Gasteiger partial charge in [-0.3, -0.25) is 0 Å². The molecule has 2 atom stereocenters. The Bertz CT molecular complexity index is 411. The van der Waals surface area contributed by atoms with Crippen LogP contribution in [0.4, 0.5) is 4.39 Å². The molecule has 1 aliphatic rings. The van der Waals surface area contributed by atoms with Crippen LogP contribution in [0.15, 0.2) is 12.1 Å². The summed E-state index contributed by atoms with van der Waals surface area (Å²) in [6.45, 7) is 2.20. The predicted molar refractivity (Wildman–Crippen MR) is 70.1 cm³/mol. The highest BCUT2D eigenvalue weighted by Crippen LogP contribution is 2.37. The molecule has 0 saturated carbocycles. The number of rotatable bonds is 2. The molecular weight excluding hydrogens is 237 g/mol. The second-order valence-corrected chi connectivity index (χ2v) is 5.44. The summed E-state index contributed by atoms with van der Waals surface area (Å²) in [6.07, 6.45) is 0. The highest BCUT2D eigenvalue weighted by atomic mass is 32.2. The van der Waals surface area contributed by atoms with Gasteiger partial charge < -0.3 is 10.1 Å². The maximum Gasteiger partial charge on any atom is 0.169 e. The summed E-state index contributed by atoms with van der Waals surface area (Å²) in [5.41, 5.74) is 1.86. The average Bonchev–Trinajstić information content (AvgIpc) is 2.48. The van der Waals surface area contributed by atoms with E-state index in [1.807, 2.05) is 13.1 Å². The Balaban J connectivity index is 2.51.